The number of benzene rings is 1. The van der Waals surface area contributed by atoms with Gasteiger partial charge < -0.3 is 4.74 Å². The van der Waals surface area contributed by atoms with Gasteiger partial charge >= 0.3 is 0 Å². The molecule has 17 heavy (non-hydrogen) atoms. The predicted molar refractivity (Wildman–Crippen MR) is 67.3 cm³/mol. The second-order valence-electron chi connectivity index (χ2n) is 4.22. The zero-order chi connectivity index (χ0) is 12.5. The van der Waals surface area contributed by atoms with Crippen LogP contribution < -0.4 is 4.74 Å². The lowest BCUT2D eigenvalue weighted by atomic mass is 10.1. The summed E-state index contributed by atoms with van der Waals surface area (Å²) in [5.41, 5.74) is -0.339. The minimum atomic E-state index is -1.06. The smallest absolute Gasteiger partial charge is 0.264 e. The van der Waals surface area contributed by atoms with Crippen molar-refractivity contribution in [2.24, 2.45) is 0 Å². The van der Waals surface area contributed by atoms with E-state index in [0.717, 1.165) is 10.9 Å². The average Bonchev–Trinajstić information content (AvgIpc) is 2.29. The first kappa shape index (κ1) is 11.9. The molecule has 0 aliphatic carbocycles. The van der Waals surface area contributed by atoms with E-state index in [4.69, 9.17) is 16.3 Å². The van der Waals surface area contributed by atoms with Crippen molar-refractivity contribution in [3.63, 3.8) is 0 Å². The Labute approximate surface area is 104 Å². The van der Waals surface area contributed by atoms with Crippen LogP contribution in [0.15, 0.2) is 36.5 Å². The fourth-order valence-corrected chi connectivity index (χ4v) is 1.51. The van der Waals surface area contributed by atoms with Gasteiger partial charge in [0.2, 0.25) is 0 Å². The van der Waals surface area contributed by atoms with Crippen LogP contribution in [0.4, 0.5) is 0 Å². The Bertz CT molecular complexity index is 561. The Kier molecular flexibility index (Phi) is 3.03. The quantitative estimate of drug-likeness (QED) is 0.785. The molecule has 0 spiro atoms. The molecule has 4 heteroatoms. The van der Waals surface area contributed by atoms with E-state index >= 15 is 0 Å². The molecule has 0 bridgehead atoms. The molecule has 0 N–H and O–H groups in total. The van der Waals surface area contributed by atoms with Crippen LogP contribution in [-0.4, -0.2) is 15.8 Å². The number of rotatable bonds is 3. The van der Waals surface area contributed by atoms with Gasteiger partial charge in [-0.2, -0.15) is 0 Å². The summed E-state index contributed by atoms with van der Waals surface area (Å²) < 4.78 is 5.63. The van der Waals surface area contributed by atoms with E-state index in [1.807, 2.05) is 24.3 Å². The molecule has 0 atom stereocenters. The zero-order valence-corrected chi connectivity index (χ0v) is 10.4. The second-order valence-corrected chi connectivity index (χ2v) is 4.56. The number of halogens is 1. The molecule has 0 unspecified atom stereocenters. The summed E-state index contributed by atoms with van der Waals surface area (Å²) in [6, 6.07) is 9.35. The molecular formula is C13H12ClNO2. The molecule has 1 aromatic heterocycles. The predicted octanol–water partition coefficient (Wildman–Crippen LogP) is 3.16. The van der Waals surface area contributed by atoms with Gasteiger partial charge in [0.25, 0.3) is 5.24 Å². The third-order valence-electron chi connectivity index (χ3n) is 2.43. The van der Waals surface area contributed by atoms with Gasteiger partial charge in [-0.25, -0.2) is 0 Å². The molecule has 3 nitrogen and oxygen atoms in total. The topological polar surface area (TPSA) is 39.2 Å². The van der Waals surface area contributed by atoms with E-state index in [-0.39, 0.29) is 0 Å². The summed E-state index contributed by atoms with van der Waals surface area (Å²) >= 11 is 5.49. The summed E-state index contributed by atoms with van der Waals surface area (Å²) in [5.74, 6) is 0.558. The molecule has 1 aromatic carbocycles. The van der Waals surface area contributed by atoms with E-state index in [2.05, 4.69) is 4.98 Å². The van der Waals surface area contributed by atoms with Gasteiger partial charge in [-0.15, -0.1) is 0 Å². The van der Waals surface area contributed by atoms with Crippen LogP contribution in [-0.2, 0) is 4.79 Å². The van der Waals surface area contributed by atoms with Gasteiger partial charge in [-0.3, -0.25) is 9.78 Å². The number of ether oxygens (including phenoxy) is 1. The highest BCUT2D eigenvalue weighted by Gasteiger charge is 2.28. The van der Waals surface area contributed by atoms with Crippen molar-refractivity contribution in [3.05, 3.63) is 36.5 Å². The number of hydrogen-bond donors (Lipinski definition) is 0. The van der Waals surface area contributed by atoms with Crippen LogP contribution in [0.2, 0.25) is 0 Å². The highest BCUT2D eigenvalue weighted by molar-refractivity contribution is 6.65. The van der Waals surface area contributed by atoms with Gasteiger partial charge in [0.1, 0.15) is 11.3 Å². The van der Waals surface area contributed by atoms with Crippen LogP contribution in [0.1, 0.15) is 13.8 Å². The zero-order valence-electron chi connectivity index (χ0n) is 9.61. The van der Waals surface area contributed by atoms with Gasteiger partial charge in [0.05, 0.1) is 0 Å². The third kappa shape index (κ3) is 2.39. The van der Waals surface area contributed by atoms with Crippen molar-refractivity contribution in [1.29, 1.82) is 0 Å². The maximum absolute atomic E-state index is 11.2. The molecular weight excluding hydrogens is 238 g/mol. The Morgan fingerprint density at radius 3 is 2.71 bits per heavy atom. The van der Waals surface area contributed by atoms with Crippen molar-refractivity contribution in [3.8, 4) is 5.75 Å². The monoisotopic (exact) mass is 249 g/mol. The molecule has 2 aromatic rings. The van der Waals surface area contributed by atoms with Gasteiger partial charge in [-0.05, 0) is 37.6 Å². The number of nitrogens with zero attached hydrogens (tertiary/aromatic N) is 1. The number of pyridine rings is 1. The first-order valence-corrected chi connectivity index (χ1v) is 5.61. The molecule has 88 valence electrons. The average molecular weight is 250 g/mol. The molecule has 0 aliphatic heterocycles. The van der Waals surface area contributed by atoms with Crippen molar-refractivity contribution in [2.45, 2.75) is 19.4 Å². The van der Waals surface area contributed by atoms with Crippen molar-refractivity contribution in [1.82, 2.24) is 4.98 Å². The van der Waals surface area contributed by atoms with Crippen LogP contribution in [0.5, 0.6) is 5.75 Å². The molecule has 0 saturated heterocycles. The first-order valence-electron chi connectivity index (χ1n) is 5.23. The minimum absolute atomic E-state index is 0.537. The maximum Gasteiger partial charge on any atom is 0.264 e. The molecule has 2 rings (SSSR count). The number of fused-ring (bicyclic) bond motifs is 1. The fraction of sp³-hybridized carbons (Fsp3) is 0.231. The van der Waals surface area contributed by atoms with E-state index in [1.165, 1.54) is 0 Å². The number of carbonyl (C=O) groups is 1. The summed E-state index contributed by atoms with van der Waals surface area (Å²) in [7, 11) is 0. The molecule has 1 heterocycles. The van der Waals surface area contributed by atoms with Crippen LogP contribution in [0.3, 0.4) is 0 Å². The molecule has 0 radical (unpaired) electrons. The fourth-order valence-electron chi connectivity index (χ4n) is 1.47. The number of carbonyl (C=O) groups excluding carboxylic acids is 1. The van der Waals surface area contributed by atoms with Crippen LogP contribution >= 0.6 is 11.6 Å². The maximum atomic E-state index is 11.2. The van der Waals surface area contributed by atoms with Crippen LogP contribution in [0, 0.1) is 0 Å². The normalized spacial score (nSPS) is 11.5. The summed E-state index contributed by atoms with van der Waals surface area (Å²) in [5, 5.41) is 0.424. The van der Waals surface area contributed by atoms with E-state index in [1.54, 1.807) is 26.1 Å². The number of aromatic nitrogens is 1. The highest BCUT2D eigenvalue weighted by atomic mass is 35.5. The summed E-state index contributed by atoms with van der Waals surface area (Å²) in [6.45, 7) is 3.26. The van der Waals surface area contributed by atoms with Gasteiger partial charge in [-0.1, -0.05) is 18.2 Å². The minimum Gasteiger partial charge on any atom is -0.476 e. The lowest BCUT2D eigenvalue weighted by molar-refractivity contribution is -0.123. The molecule has 0 fully saturated rings. The summed E-state index contributed by atoms with van der Waals surface area (Å²) in [4.78, 5) is 15.5. The van der Waals surface area contributed by atoms with Crippen molar-refractivity contribution >= 4 is 27.7 Å². The Morgan fingerprint density at radius 2 is 2.00 bits per heavy atom. The third-order valence-corrected chi connectivity index (χ3v) is 2.89. The van der Waals surface area contributed by atoms with E-state index < -0.39 is 10.8 Å². The lowest BCUT2D eigenvalue weighted by Crippen LogP contribution is -2.35. The Balaban J connectivity index is 2.46. The SMILES string of the molecule is CC(C)(Oc1cccc2cccnc12)C(=O)Cl. The standard InChI is InChI=1S/C13H12ClNO2/c1-13(2,12(14)16)17-10-7-3-5-9-6-4-8-15-11(9)10/h3-8H,1-2H3. The summed E-state index contributed by atoms with van der Waals surface area (Å²) in [6.07, 6.45) is 1.69. The molecule has 0 amide bonds. The van der Waals surface area contributed by atoms with Gasteiger partial charge in [0, 0.05) is 11.6 Å². The molecule has 0 saturated carbocycles. The highest BCUT2D eigenvalue weighted by Crippen LogP contribution is 2.27. The first-order chi connectivity index (χ1) is 8.00. The van der Waals surface area contributed by atoms with Gasteiger partial charge in [0.15, 0.2) is 5.60 Å². The Hall–Kier alpha value is -1.61. The number of para-hydroxylation sites is 1. The lowest BCUT2D eigenvalue weighted by Gasteiger charge is -2.22. The molecule has 0 aliphatic rings. The largest absolute Gasteiger partial charge is 0.476 e. The van der Waals surface area contributed by atoms with E-state index in [9.17, 15) is 4.79 Å². The Morgan fingerprint density at radius 1 is 1.29 bits per heavy atom. The van der Waals surface area contributed by atoms with E-state index in [0.29, 0.717) is 5.75 Å². The second kappa shape index (κ2) is 4.34. The van der Waals surface area contributed by atoms with Crippen molar-refractivity contribution < 1.29 is 9.53 Å². The van der Waals surface area contributed by atoms with Crippen molar-refractivity contribution in [2.75, 3.05) is 0 Å². The number of hydrogen-bond acceptors (Lipinski definition) is 3. The van der Waals surface area contributed by atoms with Crippen LogP contribution in [0.25, 0.3) is 10.9 Å².